The van der Waals surface area contributed by atoms with E-state index in [1.165, 1.54) is 0 Å². The number of hydrogen-bond acceptors (Lipinski definition) is 5. The molecule has 0 bridgehead atoms. The molecule has 0 aliphatic carbocycles. The Labute approximate surface area is 163 Å². The van der Waals surface area contributed by atoms with Crippen LogP contribution in [0.1, 0.15) is 41.4 Å². The Bertz CT molecular complexity index is 1180. The van der Waals surface area contributed by atoms with Crippen molar-refractivity contribution >= 4 is 33.5 Å². The van der Waals surface area contributed by atoms with E-state index >= 15 is 0 Å². The van der Waals surface area contributed by atoms with Gasteiger partial charge >= 0.3 is 0 Å². The molecule has 4 rings (SSSR count). The lowest BCUT2D eigenvalue weighted by atomic mass is 10.1. The number of rotatable bonds is 5. The topological polar surface area (TPSA) is 64.2 Å². The minimum atomic E-state index is -0.118. The minimum absolute atomic E-state index is 0.118. The van der Waals surface area contributed by atoms with Crippen molar-refractivity contribution in [2.75, 3.05) is 18.0 Å². The SMILES string of the molecule is CCN(CC)c1c(C(=O)c2ccccc2)oc2c1c(C)nc1c2c(C)nn1C. The molecule has 0 saturated carbocycles. The molecular weight excluding hydrogens is 352 g/mol. The van der Waals surface area contributed by atoms with Gasteiger partial charge in [0.1, 0.15) is 0 Å². The lowest BCUT2D eigenvalue weighted by molar-refractivity contribution is 0.101. The molecule has 3 heterocycles. The van der Waals surface area contributed by atoms with Crippen molar-refractivity contribution in [3.8, 4) is 0 Å². The number of anilines is 1. The van der Waals surface area contributed by atoms with Crippen LogP contribution in [0.5, 0.6) is 0 Å². The second-order valence-corrected chi connectivity index (χ2v) is 6.96. The first kappa shape index (κ1) is 18.2. The lowest BCUT2D eigenvalue weighted by Crippen LogP contribution is -2.23. The van der Waals surface area contributed by atoms with Crippen molar-refractivity contribution in [3.05, 3.63) is 53.0 Å². The third kappa shape index (κ3) is 2.59. The summed E-state index contributed by atoms with van der Waals surface area (Å²) in [6.07, 6.45) is 0. The summed E-state index contributed by atoms with van der Waals surface area (Å²) >= 11 is 0. The molecule has 6 nitrogen and oxygen atoms in total. The average Bonchev–Trinajstić information content (AvgIpc) is 3.22. The summed E-state index contributed by atoms with van der Waals surface area (Å²) in [6.45, 7) is 9.60. The molecule has 0 radical (unpaired) electrons. The molecular formula is C22H24N4O2. The van der Waals surface area contributed by atoms with Gasteiger partial charge in [-0.1, -0.05) is 30.3 Å². The fourth-order valence-corrected chi connectivity index (χ4v) is 3.91. The number of nitrogens with zero attached hydrogens (tertiary/aromatic N) is 4. The molecule has 6 heteroatoms. The molecule has 0 fully saturated rings. The van der Waals surface area contributed by atoms with Gasteiger partial charge in [-0.25, -0.2) is 4.98 Å². The normalized spacial score (nSPS) is 11.5. The van der Waals surface area contributed by atoms with Gasteiger partial charge in [0.15, 0.2) is 17.0 Å². The van der Waals surface area contributed by atoms with Crippen LogP contribution < -0.4 is 4.90 Å². The number of carbonyl (C=O) groups is 1. The molecule has 1 aromatic carbocycles. The van der Waals surface area contributed by atoms with Gasteiger partial charge < -0.3 is 9.32 Å². The van der Waals surface area contributed by atoms with Crippen LogP contribution in [-0.2, 0) is 7.05 Å². The van der Waals surface area contributed by atoms with Gasteiger partial charge in [0.25, 0.3) is 0 Å². The number of benzene rings is 1. The molecule has 28 heavy (non-hydrogen) atoms. The van der Waals surface area contributed by atoms with E-state index in [-0.39, 0.29) is 5.78 Å². The Balaban J connectivity index is 2.12. The van der Waals surface area contributed by atoms with Crippen LogP contribution in [0.25, 0.3) is 22.0 Å². The molecule has 144 valence electrons. The van der Waals surface area contributed by atoms with Gasteiger partial charge in [-0.3, -0.25) is 9.48 Å². The highest BCUT2D eigenvalue weighted by Gasteiger charge is 2.29. The van der Waals surface area contributed by atoms with Gasteiger partial charge in [-0.2, -0.15) is 5.10 Å². The quantitative estimate of drug-likeness (QED) is 0.483. The molecule has 0 spiro atoms. The van der Waals surface area contributed by atoms with Crippen LogP contribution in [0, 0.1) is 13.8 Å². The van der Waals surface area contributed by atoms with Crippen LogP contribution in [0.4, 0.5) is 5.69 Å². The summed E-state index contributed by atoms with van der Waals surface area (Å²) in [5, 5.41) is 6.26. The Morgan fingerprint density at radius 2 is 1.75 bits per heavy atom. The Morgan fingerprint density at radius 3 is 2.39 bits per heavy atom. The molecule has 4 aromatic rings. The lowest BCUT2D eigenvalue weighted by Gasteiger charge is -2.21. The maximum absolute atomic E-state index is 13.3. The standard InChI is InChI=1S/C22H24N4O2/c1-6-26(7-2)18-16-13(3)23-22-17(14(4)24-25(22)5)20(16)28-21(18)19(27)15-11-9-8-10-12-15/h8-12H,6-7H2,1-5H3. The predicted octanol–water partition coefficient (Wildman–Crippen LogP) is 4.41. The van der Waals surface area contributed by atoms with Crippen LogP contribution in [0.2, 0.25) is 0 Å². The van der Waals surface area contributed by atoms with Gasteiger partial charge in [-0.15, -0.1) is 0 Å². The minimum Gasteiger partial charge on any atom is -0.449 e. The summed E-state index contributed by atoms with van der Waals surface area (Å²) in [4.78, 5) is 20.3. The number of fused-ring (bicyclic) bond motifs is 3. The third-order valence-corrected chi connectivity index (χ3v) is 5.26. The monoisotopic (exact) mass is 376 g/mol. The van der Waals surface area contributed by atoms with E-state index in [0.717, 1.165) is 46.6 Å². The van der Waals surface area contributed by atoms with Crippen molar-refractivity contribution in [3.63, 3.8) is 0 Å². The summed E-state index contributed by atoms with van der Waals surface area (Å²) in [7, 11) is 1.87. The van der Waals surface area contributed by atoms with Crippen molar-refractivity contribution in [1.82, 2.24) is 14.8 Å². The molecule has 0 N–H and O–H groups in total. The zero-order chi connectivity index (χ0) is 20.0. The number of pyridine rings is 1. The first-order chi connectivity index (χ1) is 13.5. The maximum Gasteiger partial charge on any atom is 0.230 e. The second kappa shape index (κ2) is 6.78. The zero-order valence-corrected chi connectivity index (χ0v) is 16.9. The van der Waals surface area contributed by atoms with Crippen LogP contribution >= 0.6 is 0 Å². The van der Waals surface area contributed by atoms with Gasteiger partial charge in [0.05, 0.1) is 27.8 Å². The van der Waals surface area contributed by atoms with Crippen LogP contribution in [-0.4, -0.2) is 33.6 Å². The molecule has 3 aromatic heterocycles. The molecule has 0 aliphatic rings. The number of hydrogen-bond donors (Lipinski definition) is 0. The molecule has 0 unspecified atom stereocenters. The predicted molar refractivity (Wildman–Crippen MR) is 111 cm³/mol. The van der Waals surface area contributed by atoms with E-state index in [2.05, 4.69) is 23.8 Å². The number of aromatic nitrogens is 3. The fourth-order valence-electron chi connectivity index (χ4n) is 3.91. The Hall–Kier alpha value is -3.15. The van der Waals surface area contributed by atoms with E-state index in [1.807, 2.05) is 51.2 Å². The van der Waals surface area contributed by atoms with E-state index in [1.54, 1.807) is 4.68 Å². The highest BCUT2D eigenvalue weighted by atomic mass is 16.3. The average molecular weight is 376 g/mol. The summed E-state index contributed by atoms with van der Waals surface area (Å²) < 4.78 is 8.06. The Kier molecular flexibility index (Phi) is 4.41. The van der Waals surface area contributed by atoms with Crippen LogP contribution in [0.15, 0.2) is 34.7 Å². The third-order valence-electron chi connectivity index (χ3n) is 5.26. The Morgan fingerprint density at radius 1 is 1.07 bits per heavy atom. The van der Waals surface area contributed by atoms with Gasteiger partial charge in [-0.05, 0) is 27.7 Å². The summed E-state index contributed by atoms with van der Waals surface area (Å²) in [6, 6.07) is 9.26. The molecule has 0 atom stereocenters. The van der Waals surface area contributed by atoms with Crippen molar-refractivity contribution in [1.29, 1.82) is 0 Å². The molecule has 0 amide bonds. The zero-order valence-electron chi connectivity index (χ0n) is 16.9. The highest BCUT2D eigenvalue weighted by Crippen LogP contribution is 2.40. The highest BCUT2D eigenvalue weighted by molar-refractivity contribution is 6.18. The first-order valence-electron chi connectivity index (χ1n) is 9.58. The van der Waals surface area contributed by atoms with Gasteiger partial charge in [0.2, 0.25) is 5.78 Å². The number of furan rings is 1. The van der Waals surface area contributed by atoms with Crippen molar-refractivity contribution in [2.24, 2.45) is 7.05 Å². The number of ketones is 1. The summed E-state index contributed by atoms with van der Waals surface area (Å²) in [5.41, 5.74) is 4.57. The number of aryl methyl sites for hydroxylation is 3. The molecule has 0 saturated heterocycles. The van der Waals surface area contributed by atoms with E-state index in [9.17, 15) is 4.79 Å². The fraction of sp³-hybridized carbons (Fsp3) is 0.318. The first-order valence-corrected chi connectivity index (χ1v) is 9.58. The van der Waals surface area contributed by atoms with Gasteiger partial charge in [0, 0.05) is 25.7 Å². The van der Waals surface area contributed by atoms with E-state index in [4.69, 9.17) is 9.40 Å². The summed E-state index contributed by atoms with van der Waals surface area (Å²) in [5.74, 6) is 0.248. The van der Waals surface area contributed by atoms with Crippen molar-refractivity contribution in [2.45, 2.75) is 27.7 Å². The van der Waals surface area contributed by atoms with Crippen molar-refractivity contribution < 1.29 is 9.21 Å². The number of carbonyl (C=O) groups excluding carboxylic acids is 1. The van der Waals surface area contributed by atoms with E-state index < -0.39 is 0 Å². The largest absolute Gasteiger partial charge is 0.449 e. The van der Waals surface area contributed by atoms with E-state index in [0.29, 0.717) is 16.9 Å². The van der Waals surface area contributed by atoms with Crippen LogP contribution in [0.3, 0.4) is 0 Å². The second-order valence-electron chi connectivity index (χ2n) is 6.96. The maximum atomic E-state index is 13.3. The smallest absolute Gasteiger partial charge is 0.230 e. The molecule has 0 aliphatic heterocycles.